The fourth-order valence-electron chi connectivity index (χ4n) is 7.30. The van der Waals surface area contributed by atoms with Crippen LogP contribution in [0.4, 0.5) is 5.69 Å². The Morgan fingerprint density at radius 3 is 2.73 bits per heavy atom. The number of fused-ring (bicyclic) bond motifs is 7. The highest BCUT2D eigenvalue weighted by Gasteiger charge is 2.69. The van der Waals surface area contributed by atoms with Crippen LogP contribution >= 0.6 is 34.5 Å². The quantitative estimate of drug-likeness (QED) is 0.268. The molecule has 40 heavy (non-hydrogen) atoms. The van der Waals surface area contributed by atoms with Crippen LogP contribution in [0.2, 0.25) is 9.36 Å². The number of carbonyl (C=O) groups is 2. The molecule has 206 valence electrons. The maximum Gasteiger partial charge on any atom is 0.337 e. The summed E-state index contributed by atoms with van der Waals surface area (Å²) in [5.41, 5.74) is 3.06. The molecular formula is C30H28Cl2N4O3S. The molecule has 1 saturated heterocycles. The highest BCUT2D eigenvalue weighted by atomic mass is 35.5. The van der Waals surface area contributed by atoms with E-state index in [1.54, 1.807) is 12.1 Å². The smallest absolute Gasteiger partial charge is 0.337 e. The van der Waals surface area contributed by atoms with Gasteiger partial charge in [0.15, 0.2) is 0 Å². The molecule has 1 spiro atoms. The van der Waals surface area contributed by atoms with E-state index >= 15 is 0 Å². The van der Waals surface area contributed by atoms with Gasteiger partial charge >= 0.3 is 5.97 Å². The minimum atomic E-state index is -0.896. The fourth-order valence-corrected chi connectivity index (χ4v) is 8.74. The molecule has 2 aromatic carbocycles. The number of ether oxygens (including phenoxy) is 1. The fraction of sp³-hybridized carbons (Fsp3) is 0.367. The molecule has 7 nitrogen and oxygen atoms in total. The normalized spacial score (nSPS) is 26.5. The second-order valence-electron chi connectivity index (χ2n) is 11.0. The summed E-state index contributed by atoms with van der Waals surface area (Å²) in [6.45, 7) is 1.57. The summed E-state index contributed by atoms with van der Waals surface area (Å²) in [5.74, 6) is 0.880. The van der Waals surface area contributed by atoms with E-state index in [-0.39, 0.29) is 37.2 Å². The zero-order chi connectivity index (χ0) is 26.6. The predicted octanol–water partition coefficient (Wildman–Crippen LogP) is 6.65. The van der Waals surface area contributed by atoms with Gasteiger partial charge in [-0.15, -0.1) is 11.3 Å². The van der Waals surface area contributed by atoms with E-state index in [9.17, 15) is 9.59 Å². The number of carbonyl (C=O) groups excluding carboxylic acids is 2. The number of hydrogen-bond acceptors (Lipinski definition) is 6. The second kappa shape index (κ2) is 9.05. The number of rotatable bonds is 4. The average Bonchev–Trinajstić information content (AvgIpc) is 3.17. The summed E-state index contributed by atoms with van der Waals surface area (Å²) in [6.07, 6.45) is 2.36. The van der Waals surface area contributed by atoms with E-state index in [1.165, 1.54) is 31.3 Å². The topological polar surface area (TPSA) is 76.5 Å². The third-order valence-electron chi connectivity index (χ3n) is 8.98. The Hall–Kier alpha value is -2.91. The lowest BCUT2D eigenvalue weighted by Crippen LogP contribution is -2.53. The van der Waals surface area contributed by atoms with Gasteiger partial charge in [0.05, 0.1) is 28.0 Å². The first-order chi connectivity index (χ1) is 18.9. The van der Waals surface area contributed by atoms with E-state index in [1.807, 2.05) is 30.3 Å². The van der Waals surface area contributed by atoms with Crippen molar-refractivity contribution in [3.8, 4) is 0 Å². The van der Waals surface area contributed by atoms with Crippen molar-refractivity contribution < 1.29 is 14.3 Å². The van der Waals surface area contributed by atoms with Crippen LogP contribution in [0, 0.1) is 5.92 Å². The molecule has 1 saturated carbocycles. The molecular weight excluding hydrogens is 567 g/mol. The number of esters is 1. The van der Waals surface area contributed by atoms with Crippen molar-refractivity contribution in [1.82, 2.24) is 14.5 Å². The summed E-state index contributed by atoms with van der Waals surface area (Å²) in [6, 6.07) is 15.4. The maximum absolute atomic E-state index is 14.3. The Morgan fingerprint density at radius 2 is 2.00 bits per heavy atom. The molecule has 4 aliphatic rings. The Morgan fingerprint density at radius 1 is 1.18 bits per heavy atom. The van der Waals surface area contributed by atoms with Crippen LogP contribution in [0.25, 0.3) is 11.0 Å². The summed E-state index contributed by atoms with van der Waals surface area (Å²) in [7, 11) is 1.38. The first-order valence-corrected chi connectivity index (χ1v) is 14.7. The molecule has 0 unspecified atom stereocenters. The maximum atomic E-state index is 14.3. The van der Waals surface area contributed by atoms with Gasteiger partial charge in [-0.05, 0) is 61.2 Å². The Balaban J connectivity index is 0.00000264. The van der Waals surface area contributed by atoms with Crippen molar-refractivity contribution in [3.05, 3.63) is 79.7 Å². The number of anilines is 1. The highest BCUT2D eigenvalue weighted by molar-refractivity contribution is 7.16. The van der Waals surface area contributed by atoms with Gasteiger partial charge < -0.3 is 14.6 Å². The molecule has 1 aliphatic carbocycles. The number of nitrogens with one attached hydrogen (secondary N) is 1. The SMILES string of the molecule is C.COC(=O)c1ccc2c(c1)nc1n2C[C@H]2[C@@H]1[C@H](c1ccc(Cl)s1)[C@]1(C(=O)Nc3cc(Cl)ccc31)N2CC1CC1. The number of aromatic nitrogens is 2. The number of amides is 1. The lowest BCUT2D eigenvalue weighted by atomic mass is 9.74. The third-order valence-corrected chi connectivity index (χ3v) is 10.5. The number of likely N-dealkylation sites (tertiary alicyclic amines) is 1. The van der Waals surface area contributed by atoms with Gasteiger partial charge in [-0.25, -0.2) is 9.78 Å². The Labute approximate surface area is 246 Å². The minimum absolute atomic E-state index is 0. The van der Waals surface area contributed by atoms with Crippen molar-refractivity contribution in [2.24, 2.45) is 5.92 Å². The highest BCUT2D eigenvalue weighted by Crippen LogP contribution is 2.65. The molecule has 5 heterocycles. The minimum Gasteiger partial charge on any atom is -0.465 e. The number of halogens is 2. The third kappa shape index (κ3) is 3.43. The van der Waals surface area contributed by atoms with Crippen molar-refractivity contribution in [1.29, 1.82) is 0 Å². The zero-order valence-corrected chi connectivity index (χ0v) is 23.3. The first kappa shape index (κ1) is 26.0. The number of hydrogen-bond donors (Lipinski definition) is 1. The summed E-state index contributed by atoms with van der Waals surface area (Å²) >= 11 is 14.4. The molecule has 2 aromatic heterocycles. The van der Waals surface area contributed by atoms with Crippen LogP contribution in [0.5, 0.6) is 0 Å². The molecule has 4 aromatic rings. The van der Waals surface area contributed by atoms with Gasteiger partial charge in [-0.1, -0.05) is 36.7 Å². The van der Waals surface area contributed by atoms with Gasteiger partial charge in [-0.3, -0.25) is 9.69 Å². The molecule has 10 heteroatoms. The summed E-state index contributed by atoms with van der Waals surface area (Å²) < 4.78 is 7.91. The van der Waals surface area contributed by atoms with Gasteiger partial charge in [0.25, 0.3) is 0 Å². The van der Waals surface area contributed by atoms with Gasteiger partial charge in [-0.2, -0.15) is 0 Å². The van der Waals surface area contributed by atoms with Crippen LogP contribution in [-0.2, 0) is 21.6 Å². The lowest BCUT2D eigenvalue weighted by Gasteiger charge is -2.40. The molecule has 3 aliphatic heterocycles. The Bertz CT molecular complexity index is 1710. The molecule has 0 bridgehead atoms. The molecule has 4 atom stereocenters. The lowest BCUT2D eigenvalue weighted by molar-refractivity contribution is -0.128. The number of nitrogens with zero attached hydrogens (tertiary/aromatic N) is 3. The van der Waals surface area contributed by atoms with Crippen LogP contribution in [0.1, 0.15) is 58.7 Å². The summed E-state index contributed by atoms with van der Waals surface area (Å²) in [5, 5.41) is 3.79. The molecule has 2 fully saturated rings. The van der Waals surface area contributed by atoms with Gasteiger partial charge in [0.2, 0.25) is 5.91 Å². The molecule has 1 N–H and O–H groups in total. The van der Waals surface area contributed by atoms with E-state index < -0.39 is 5.54 Å². The summed E-state index contributed by atoms with van der Waals surface area (Å²) in [4.78, 5) is 35.2. The largest absolute Gasteiger partial charge is 0.465 e. The van der Waals surface area contributed by atoms with E-state index in [0.717, 1.165) is 39.5 Å². The van der Waals surface area contributed by atoms with Gasteiger partial charge in [0, 0.05) is 52.1 Å². The number of benzene rings is 2. The van der Waals surface area contributed by atoms with Crippen molar-refractivity contribution in [3.63, 3.8) is 0 Å². The Kier molecular flexibility index (Phi) is 5.88. The second-order valence-corrected chi connectivity index (χ2v) is 13.2. The van der Waals surface area contributed by atoms with Crippen LogP contribution in [0.15, 0.2) is 48.5 Å². The molecule has 8 rings (SSSR count). The standard InChI is InChI=1S/C29H24Cl2N4O3S.CH4/c1-38-27(36)15-4-7-20-19(10-15)32-26-24-21(13-34(20)26)35(12-14-2-3-14)29(25(24)22-8-9-23(31)39-22)17-6-5-16(30)11-18(17)33-28(29)37;/h4-11,14,21,24-25H,2-3,12-13H2,1H3,(H,33,37);1H4/t21-,24+,25-,29+;/m0./s1. The van der Waals surface area contributed by atoms with Crippen molar-refractivity contribution >= 4 is 63.1 Å². The number of methoxy groups -OCH3 is 1. The van der Waals surface area contributed by atoms with Gasteiger partial charge in [0.1, 0.15) is 11.4 Å². The average molecular weight is 596 g/mol. The number of thiophene rings is 1. The molecule has 1 amide bonds. The first-order valence-electron chi connectivity index (χ1n) is 13.1. The van der Waals surface area contributed by atoms with Crippen LogP contribution in [-0.4, -0.2) is 46.0 Å². The van der Waals surface area contributed by atoms with Crippen molar-refractivity contribution in [2.45, 2.75) is 50.2 Å². The predicted molar refractivity (Wildman–Crippen MR) is 158 cm³/mol. The van der Waals surface area contributed by atoms with Crippen LogP contribution < -0.4 is 5.32 Å². The van der Waals surface area contributed by atoms with E-state index in [4.69, 9.17) is 32.9 Å². The van der Waals surface area contributed by atoms with Crippen molar-refractivity contribution in [2.75, 3.05) is 19.0 Å². The molecule has 0 radical (unpaired) electrons. The monoisotopic (exact) mass is 594 g/mol. The van der Waals surface area contributed by atoms with E-state index in [0.29, 0.717) is 27.4 Å². The number of imidazole rings is 1. The zero-order valence-electron chi connectivity index (χ0n) is 21.0. The van der Waals surface area contributed by atoms with E-state index in [2.05, 4.69) is 20.9 Å². The van der Waals surface area contributed by atoms with Crippen LogP contribution in [0.3, 0.4) is 0 Å².